The Kier molecular flexibility index (Phi) is 9.54. The zero-order chi connectivity index (χ0) is 22.4. The van der Waals surface area contributed by atoms with Gasteiger partial charge in [-0.25, -0.2) is 13.1 Å². The van der Waals surface area contributed by atoms with Crippen molar-refractivity contribution in [2.45, 2.75) is 74.5 Å². The molecule has 0 aromatic heterocycles. The van der Waals surface area contributed by atoms with E-state index >= 15 is 0 Å². The van der Waals surface area contributed by atoms with Crippen LogP contribution in [0.4, 0.5) is 0 Å². The van der Waals surface area contributed by atoms with Crippen LogP contribution in [0.1, 0.15) is 44.9 Å². The maximum Gasteiger partial charge on any atom is 0.217 e. The average molecular weight is 461 g/mol. The van der Waals surface area contributed by atoms with Gasteiger partial charge in [0.05, 0.1) is 12.3 Å². The molecule has 0 amide bonds. The minimum atomic E-state index is -3.54. The van der Waals surface area contributed by atoms with Gasteiger partial charge in [0.25, 0.3) is 0 Å². The van der Waals surface area contributed by atoms with E-state index in [9.17, 15) is 8.42 Å². The van der Waals surface area contributed by atoms with Gasteiger partial charge in [0.15, 0.2) is 0 Å². The number of piperidine rings is 1. The van der Waals surface area contributed by atoms with E-state index in [1.807, 2.05) is 7.05 Å². The second-order valence-corrected chi connectivity index (χ2v) is 11.6. The Morgan fingerprint density at radius 3 is 2.55 bits per heavy atom. The highest BCUT2D eigenvalue weighted by molar-refractivity contribution is 7.90. The van der Waals surface area contributed by atoms with Crippen molar-refractivity contribution in [1.29, 1.82) is 0 Å². The molecule has 0 spiro atoms. The first-order valence-corrected chi connectivity index (χ1v) is 13.5. The van der Waals surface area contributed by atoms with Gasteiger partial charge in [0.2, 0.25) is 10.0 Å². The van der Waals surface area contributed by atoms with Gasteiger partial charge in [-0.05, 0) is 76.4 Å². The van der Waals surface area contributed by atoms with E-state index in [1.165, 1.54) is 6.42 Å². The van der Waals surface area contributed by atoms with Crippen molar-refractivity contribution in [2.24, 2.45) is 29.2 Å². The highest BCUT2D eigenvalue weighted by atomic mass is 32.2. The molecule has 0 radical (unpaired) electrons. The van der Waals surface area contributed by atoms with Gasteiger partial charge in [-0.15, -0.1) is 0 Å². The van der Waals surface area contributed by atoms with Crippen LogP contribution in [0, 0.1) is 17.8 Å². The lowest BCUT2D eigenvalue weighted by atomic mass is 9.70. The van der Waals surface area contributed by atoms with Crippen molar-refractivity contribution in [1.82, 2.24) is 20.7 Å². The van der Waals surface area contributed by atoms with Gasteiger partial charge in [0.1, 0.15) is 5.25 Å². The molecule has 8 N–H and O–H groups in total. The lowest BCUT2D eigenvalue weighted by molar-refractivity contribution is -0.0291. The molecule has 6 atom stereocenters. The Balaban J connectivity index is 1.51. The summed E-state index contributed by atoms with van der Waals surface area (Å²) >= 11 is 0. The van der Waals surface area contributed by atoms with Crippen LogP contribution in [0.5, 0.6) is 0 Å². The number of methoxy groups -OCH3 is 1. The number of rotatable bonds is 11. The molecule has 1 aliphatic heterocycles. The van der Waals surface area contributed by atoms with Crippen LogP contribution in [0.15, 0.2) is 0 Å². The minimum Gasteiger partial charge on any atom is -0.381 e. The fourth-order valence-electron chi connectivity index (χ4n) is 5.74. The van der Waals surface area contributed by atoms with Crippen molar-refractivity contribution in [3.63, 3.8) is 0 Å². The summed E-state index contributed by atoms with van der Waals surface area (Å²) < 4.78 is 34.6. The highest BCUT2D eigenvalue weighted by Crippen LogP contribution is 2.40. The smallest absolute Gasteiger partial charge is 0.217 e. The Morgan fingerprint density at radius 1 is 1.13 bits per heavy atom. The molecule has 1 heterocycles. The van der Waals surface area contributed by atoms with Crippen LogP contribution < -0.4 is 32.1 Å². The third kappa shape index (κ3) is 6.38. The first kappa shape index (κ1) is 25.3. The van der Waals surface area contributed by atoms with Crippen molar-refractivity contribution in [2.75, 3.05) is 40.3 Å². The number of hydrogen-bond acceptors (Lipinski definition) is 8. The van der Waals surface area contributed by atoms with E-state index in [1.54, 1.807) is 7.11 Å². The molecule has 31 heavy (non-hydrogen) atoms. The number of nitrogens with two attached hydrogens (primary N) is 2. The molecule has 0 aromatic carbocycles. The molecule has 0 bridgehead atoms. The van der Waals surface area contributed by atoms with Gasteiger partial charge >= 0.3 is 0 Å². The summed E-state index contributed by atoms with van der Waals surface area (Å²) in [5.74, 6) is 1.68. The lowest BCUT2D eigenvalue weighted by Crippen LogP contribution is -2.59. The summed E-state index contributed by atoms with van der Waals surface area (Å²) in [4.78, 5) is 0. The Hall–Kier alpha value is -0.330. The number of sulfonamides is 1. The molecule has 2 saturated carbocycles. The van der Waals surface area contributed by atoms with Crippen LogP contribution in [0.3, 0.4) is 0 Å². The number of ether oxygens (including phenoxy) is 1. The Labute approximate surface area is 188 Å². The predicted octanol–water partition coefficient (Wildman–Crippen LogP) is -0.711. The molecular weight excluding hydrogens is 416 g/mol. The van der Waals surface area contributed by atoms with Gasteiger partial charge in [-0.2, -0.15) is 0 Å². The van der Waals surface area contributed by atoms with Crippen LogP contribution in [-0.2, 0) is 14.8 Å². The standard InChI is InChI=1S/C21H44N6O3S/c1-24-21-15(11-22)4-3-5-19(21)27-31(28,29)18(12-23)13-26-20-10-14(6-7-25-20)16-8-17(9-16)30-2/h14-21,24-27H,3-13,22-23H2,1-2H3. The molecule has 182 valence electrons. The van der Waals surface area contributed by atoms with Crippen LogP contribution in [-0.4, -0.2) is 78.4 Å². The molecular formula is C21H44N6O3S. The monoisotopic (exact) mass is 460 g/mol. The quantitative estimate of drug-likeness (QED) is 0.237. The topological polar surface area (TPSA) is 144 Å². The van der Waals surface area contributed by atoms with E-state index in [0.29, 0.717) is 25.1 Å². The summed E-state index contributed by atoms with van der Waals surface area (Å²) in [5.41, 5.74) is 11.8. The first-order valence-electron chi connectivity index (χ1n) is 12.0. The lowest BCUT2D eigenvalue weighted by Gasteiger charge is -2.43. The largest absolute Gasteiger partial charge is 0.381 e. The summed E-state index contributed by atoms with van der Waals surface area (Å²) in [5, 5.41) is 9.56. The predicted molar refractivity (Wildman–Crippen MR) is 124 cm³/mol. The Morgan fingerprint density at radius 2 is 1.90 bits per heavy atom. The normalized spacial score (nSPS) is 37.9. The van der Waals surface area contributed by atoms with E-state index in [-0.39, 0.29) is 30.7 Å². The van der Waals surface area contributed by atoms with Gasteiger partial charge in [0, 0.05) is 32.3 Å². The van der Waals surface area contributed by atoms with Crippen LogP contribution >= 0.6 is 0 Å². The molecule has 3 fully saturated rings. The van der Waals surface area contributed by atoms with Gasteiger partial charge in [-0.1, -0.05) is 6.42 Å². The van der Waals surface area contributed by atoms with Crippen molar-refractivity contribution in [3.05, 3.63) is 0 Å². The van der Waals surface area contributed by atoms with E-state index in [2.05, 4.69) is 20.7 Å². The molecule has 1 saturated heterocycles. The molecule has 9 nitrogen and oxygen atoms in total. The molecule has 2 aliphatic carbocycles. The number of hydrogen-bond donors (Lipinski definition) is 6. The van der Waals surface area contributed by atoms with Crippen molar-refractivity contribution >= 4 is 10.0 Å². The minimum absolute atomic E-state index is 0.0547. The maximum atomic E-state index is 13.1. The third-order valence-electron chi connectivity index (χ3n) is 7.85. The Bertz CT molecular complexity index is 645. The molecule has 6 unspecified atom stereocenters. The highest BCUT2D eigenvalue weighted by Gasteiger charge is 2.38. The third-order valence-corrected chi connectivity index (χ3v) is 9.72. The average Bonchev–Trinajstić information content (AvgIpc) is 2.73. The van der Waals surface area contributed by atoms with Gasteiger partial charge in [-0.3, -0.25) is 0 Å². The second-order valence-electron chi connectivity index (χ2n) is 9.66. The molecule has 3 aliphatic rings. The van der Waals surface area contributed by atoms with Crippen molar-refractivity contribution in [3.8, 4) is 0 Å². The SMILES string of the molecule is CNC1C(CN)CCCC1NS(=O)(=O)C(CN)CNC1CC(C2CC(OC)C2)CCN1. The van der Waals surface area contributed by atoms with E-state index in [4.69, 9.17) is 16.2 Å². The zero-order valence-corrected chi connectivity index (χ0v) is 20.0. The fraction of sp³-hybridized carbons (Fsp3) is 1.00. The van der Waals surface area contributed by atoms with Crippen LogP contribution in [0.2, 0.25) is 0 Å². The fourth-order valence-corrected chi connectivity index (χ4v) is 7.18. The van der Waals surface area contributed by atoms with Crippen LogP contribution in [0.25, 0.3) is 0 Å². The maximum absolute atomic E-state index is 13.1. The summed E-state index contributed by atoms with van der Waals surface area (Å²) in [6.07, 6.45) is 7.88. The number of likely N-dealkylation sites (N-methyl/N-ethyl adjacent to an activating group) is 1. The number of nitrogens with one attached hydrogen (secondary N) is 4. The molecule has 3 rings (SSSR count). The summed E-state index contributed by atoms with van der Waals surface area (Å²) in [6, 6.07) is -0.0880. The summed E-state index contributed by atoms with van der Waals surface area (Å²) in [7, 11) is 0.124. The summed E-state index contributed by atoms with van der Waals surface area (Å²) in [6.45, 7) is 1.96. The van der Waals surface area contributed by atoms with Crippen molar-refractivity contribution < 1.29 is 13.2 Å². The molecule has 10 heteroatoms. The van der Waals surface area contributed by atoms with Gasteiger partial charge < -0.3 is 32.2 Å². The van der Waals surface area contributed by atoms with E-state index in [0.717, 1.165) is 51.0 Å². The van der Waals surface area contributed by atoms with E-state index < -0.39 is 15.3 Å². The zero-order valence-electron chi connectivity index (χ0n) is 19.2. The first-order chi connectivity index (χ1) is 14.9. The molecule has 0 aromatic rings. The second kappa shape index (κ2) is 11.7.